The Morgan fingerprint density at radius 2 is 1.79 bits per heavy atom. The molecule has 2 unspecified atom stereocenters. The summed E-state index contributed by atoms with van der Waals surface area (Å²) in [6.45, 7) is 7.92. The molecule has 0 spiro atoms. The number of likely N-dealkylation sites (N-methyl/N-ethyl adjacent to an activating group) is 1. The van der Waals surface area contributed by atoms with Crippen LogP contribution < -0.4 is 25.3 Å². The van der Waals surface area contributed by atoms with E-state index in [1.54, 1.807) is 18.2 Å². The highest BCUT2D eigenvalue weighted by Crippen LogP contribution is 2.41. The van der Waals surface area contributed by atoms with E-state index < -0.39 is 17.7 Å². The molecule has 0 saturated carbocycles. The summed E-state index contributed by atoms with van der Waals surface area (Å²) in [6.07, 6.45) is 6.42. The van der Waals surface area contributed by atoms with E-state index >= 15 is 0 Å². The lowest BCUT2D eigenvalue weighted by atomic mass is 10.0. The Balaban J connectivity index is 1.22. The van der Waals surface area contributed by atoms with Crippen molar-refractivity contribution < 1.29 is 23.1 Å². The van der Waals surface area contributed by atoms with Gasteiger partial charge in [-0.3, -0.25) is 14.5 Å². The Morgan fingerprint density at radius 1 is 1.02 bits per heavy atom. The normalized spacial score (nSPS) is 20.6. The fraction of sp³-hybridized carbons (Fsp3) is 0.441. The molecule has 250 valence electrons. The van der Waals surface area contributed by atoms with Crippen molar-refractivity contribution in [1.82, 2.24) is 19.8 Å². The summed E-state index contributed by atoms with van der Waals surface area (Å²) in [5, 5.41) is 7.82. The number of halogens is 2. The average molecular weight is 649 g/mol. The number of hydrogen-bond donors (Lipinski definition) is 2. The number of nitrogens with one attached hydrogen (secondary N) is 2. The predicted octanol–water partition coefficient (Wildman–Crippen LogP) is 5.12. The Kier molecular flexibility index (Phi) is 9.85. The number of carbonyl (C=O) groups excluding carboxylic acids is 1. The van der Waals surface area contributed by atoms with Crippen molar-refractivity contribution in [1.29, 1.82) is 0 Å². The summed E-state index contributed by atoms with van der Waals surface area (Å²) in [6, 6.07) is 9.61. The van der Waals surface area contributed by atoms with Crippen LogP contribution >= 0.6 is 0 Å². The predicted molar refractivity (Wildman–Crippen MR) is 178 cm³/mol. The summed E-state index contributed by atoms with van der Waals surface area (Å²) in [7, 11) is 5.90. The van der Waals surface area contributed by atoms with Gasteiger partial charge in [0.25, 0.3) is 0 Å². The molecule has 3 aliphatic rings. The molecule has 3 aliphatic heterocycles. The third-order valence-corrected chi connectivity index (χ3v) is 9.32. The maximum atomic E-state index is 14.0. The number of likely N-dealkylation sites (tertiary alicyclic amines) is 1. The summed E-state index contributed by atoms with van der Waals surface area (Å²) in [5.74, 6) is -0.202. The van der Waals surface area contributed by atoms with Gasteiger partial charge in [0.1, 0.15) is 29.5 Å². The number of carbonyl (C=O) groups is 1. The first-order chi connectivity index (χ1) is 22.7. The fourth-order valence-electron chi connectivity index (χ4n) is 6.81. The number of methoxy groups -OCH3 is 1. The third kappa shape index (κ3) is 7.32. The van der Waals surface area contributed by atoms with E-state index in [0.29, 0.717) is 59.4 Å². The van der Waals surface area contributed by atoms with Crippen LogP contribution in [0, 0.1) is 11.6 Å². The molecule has 4 heterocycles. The van der Waals surface area contributed by atoms with E-state index in [4.69, 9.17) is 9.57 Å². The van der Waals surface area contributed by atoms with E-state index in [1.807, 2.05) is 12.1 Å². The van der Waals surface area contributed by atoms with Crippen LogP contribution in [-0.2, 0) is 9.63 Å². The van der Waals surface area contributed by atoms with Gasteiger partial charge in [-0.15, -0.1) is 0 Å². The molecule has 0 radical (unpaired) electrons. The number of nitrogens with zero attached hydrogens (tertiary/aromatic N) is 6. The number of hydroxylamine groups is 1. The number of rotatable bonds is 10. The molecular weight excluding hydrogens is 606 g/mol. The molecule has 47 heavy (non-hydrogen) atoms. The minimum atomic E-state index is -0.652. The highest BCUT2D eigenvalue weighted by Gasteiger charge is 2.33. The van der Waals surface area contributed by atoms with Crippen molar-refractivity contribution in [2.45, 2.75) is 43.8 Å². The first kappa shape index (κ1) is 32.6. The number of anilines is 5. The molecule has 2 aromatic carbocycles. The Hall–Kier alpha value is -4.33. The summed E-state index contributed by atoms with van der Waals surface area (Å²) < 4.78 is 33.8. The van der Waals surface area contributed by atoms with E-state index in [0.717, 1.165) is 50.8 Å². The number of ether oxygens (including phenoxy) is 1. The SMILES string of the molecule is C=CC(=O)Nc1cc(Nc2cc(N3OCCC3c3cc(F)cc(F)c3)ncn2)c(OC)cc1N1CCC(N2CCC(N(C)C)C2)CC1. The van der Waals surface area contributed by atoms with Gasteiger partial charge in [-0.1, -0.05) is 6.58 Å². The molecular formula is C34H42F2N8O3. The van der Waals surface area contributed by atoms with Crippen molar-refractivity contribution in [3.05, 3.63) is 72.6 Å². The van der Waals surface area contributed by atoms with Crippen molar-refractivity contribution in [3.8, 4) is 5.75 Å². The van der Waals surface area contributed by atoms with Crippen LogP contribution in [0.15, 0.2) is 55.4 Å². The summed E-state index contributed by atoms with van der Waals surface area (Å²) in [4.78, 5) is 34.4. The van der Waals surface area contributed by atoms with Crippen molar-refractivity contribution in [2.75, 3.05) is 74.6 Å². The van der Waals surface area contributed by atoms with Crippen molar-refractivity contribution in [2.24, 2.45) is 0 Å². The van der Waals surface area contributed by atoms with Gasteiger partial charge in [-0.25, -0.2) is 23.8 Å². The van der Waals surface area contributed by atoms with Crippen molar-refractivity contribution in [3.63, 3.8) is 0 Å². The number of hydrogen-bond acceptors (Lipinski definition) is 10. The largest absolute Gasteiger partial charge is 0.494 e. The lowest BCUT2D eigenvalue weighted by Crippen LogP contribution is -2.45. The van der Waals surface area contributed by atoms with Gasteiger partial charge in [0.05, 0.1) is 36.8 Å². The Labute approximate surface area is 274 Å². The fourth-order valence-corrected chi connectivity index (χ4v) is 6.81. The molecule has 3 fully saturated rings. The van der Waals surface area contributed by atoms with Gasteiger partial charge >= 0.3 is 0 Å². The van der Waals surface area contributed by atoms with E-state index in [-0.39, 0.29) is 5.91 Å². The Morgan fingerprint density at radius 3 is 2.47 bits per heavy atom. The molecule has 3 aromatic rings. The zero-order valence-corrected chi connectivity index (χ0v) is 27.1. The van der Waals surface area contributed by atoms with E-state index in [2.05, 4.69) is 56.0 Å². The minimum Gasteiger partial charge on any atom is -0.494 e. The Bertz CT molecular complexity index is 1580. The molecule has 6 rings (SSSR count). The lowest BCUT2D eigenvalue weighted by Gasteiger charge is -2.39. The maximum Gasteiger partial charge on any atom is 0.247 e. The van der Waals surface area contributed by atoms with Gasteiger partial charge in [-0.2, -0.15) is 0 Å². The maximum absolute atomic E-state index is 14.0. The molecule has 2 N–H and O–H groups in total. The molecule has 0 bridgehead atoms. The zero-order valence-electron chi connectivity index (χ0n) is 27.1. The number of aromatic nitrogens is 2. The van der Waals surface area contributed by atoms with Crippen LogP contribution in [0.1, 0.15) is 37.3 Å². The van der Waals surface area contributed by atoms with Crippen LogP contribution in [0.5, 0.6) is 5.75 Å². The molecule has 3 saturated heterocycles. The van der Waals surface area contributed by atoms with Gasteiger partial charge < -0.3 is 25.2 Å². The van der Waals surface area contributed by atoms with Crippen LogP contribution in [0.4, 0.5) is 37.5 Å². The second-order valence-electron chi connectivity index (χ2n) is 12.4. The molecule has 2 atom stereocenters. The third-order valence-electron chi connectivity index (χ3n) is 9.32. The standard InChI is InChI=1S/C34H42F2N8O3/c1-5-34(45)40-27-17-28(31(46-4)18-30(27)42-10-6-25(7-11-42)43-12-8-26(20-43)41(2)3)39-32-19-33(38-21-37-32)44-29(9-13-47-44)22-14-23(35)16-24(36)15-22/h5,14-19,21,25-26,29H,1,6-13,20H2,2-4H3,(H,40,45)(H,37,38,39). The van der Waals surface area contributed by atoms with Crippen LogP contribution in [0.3, 0.4) is 0 Å². The second-order valence-corrected chi connectivity index (χ2v) is 12.4. The van der Waals surface area contributed by atoms with Crippen LogP contribution in [0.25, 0.3) is 0 Å². The first-order valence-corrected chi connectivity index (χ1v) is 16.0. The molecule has 0 aliphatic carbocycles. The molecule has 1 aromatic heterocycles. The van der Waals surface area contributed by atoms with Crippen LogP contribution in [-0.4, -0.2) is 91.7 Å². The number of amides is 1. The van der Waals surface area contributed by atoms with Gasteiger partial charge in [0, 0.05) is 62.9 Å². The second kappa shape index (κ2) is 14.2. The van der Waals surface area contributed by atoms with Gasteiger partial charge in [0.15, 0.2) is 5.82 Å². The smallest absolute Gasteiger partial charge is 0.247 e. The monoisotopic (exact) mass is 648 g/mol. The van der Waals surface area contributed by atoms with Gasteiger partial charge in [0.2, 0.25) is 5.91 Å². The summed E-state index contributed by atoms with van der Waals surface area (Å²) >= 11 is 0. The van der Waals surface area contributed by atoms with E-state index in [1.165, 1.54) is 31.0 Å². The van der Waals surface area contributed by atoms with E-state index in [9.17, 15) is 13.6 Å². The average Bonchev–Trinajstić information content (AvgIpc) is 3.76. The van der Waals surface area contributed by atoms with Crippen molar-refractivity contribution >= 4 is 34.6 Å². The summed E-state index contributed by atoms with van der Waals surface area (Å²) in [5.41, 5.74) is 2.52. The first-order valence-electron chi connectivity index (χ1n) is 16.0. The lowest BCUT2D eigenvalue weighted by molar-refractivity contribution is -0.111. The molecule has 13 heteroatoms. The minimum absolute atomic E-state index is 0.320. The number of benzene rings is 2. The highest BCUT2D eigenvalue weighted by molar-refractivity contribution is 6.02. The van der Waals surface area contributed by atoms with Gasteiger partial charge in [-0.05, 0) is 63.2 Å². The van der Waals surface area contributed by atoms with Crippen LogP contribution in [0.2, 0.25) is 0 Å². The topological polar surface area (TPSA) is 98.3 Å². The zero-order chi connectivity index (χ0) is 33.1. The molecule has 11 nitrogen and oxygen atoms in total. The molecule has 1 amide bonds. The highest BCUT2D eigenvalue weighted by atomic mass is 19.1. The quantitative estimate of drug-likeness (QED) is 0.289. The number of piperidine rings is 1.